The van der Waals surface area contributed by atoms with Crippen molar-refractivity contribution in [2.24, 2.45) is 4.99 Å². The van der Waals surface area contributed by atoms with Gasteiger partial charge in [0.1, 0.15) is 6.10 Å². The Morgan fingerprint density at radius 2 is 1.88 bits per heavy atom. The highest BCUT2D eigenvalue weighted by atomic mass is 19.1. The number of hydrogen-bond acceptors (Lipinski definition) is 6. The van der Waals surface area contributed by atoms with Crippen molar-refractivity contribution < 1.29 is 9.13 Å². The van der Waals surface area contributed by atoms with E-state index in [9.17, 15) is 4.39 Å². The van der Waals surface area contributed by atoms with Crippen LogP contribution in [0.2, 0.25) is 0 Å². The molecule has 174 valence electrons. The molecule has 0 saturated carbocycles. The second-order valence-corrected chi connectivity index (χ2v) is 7.74. The number of hydrogen-bond donors (Lipinski definition) is 2. The molecule has 0 amide bonds. The lowest BCUT2D eigenvalue weighted by molar-refractivity contribution is 0.220. The van der Waals surface area contributed by atoms with E-state index in [2.05, 4.69) is 35.4 Å². The highest BCUT2D eigenvalue weighted by molar-refractivity contribution is 5.79. The molecular formula is C23H34FN7O. The Kier molecular flexibility index (Phi) is 9.49. The minimum absolute atomic E-state index is 0.229. The molecule has 1 aliphatic heterocycles. The van der Waals surface area contributed by atoms with Crippen LogP contribution in [0.1, 0.15) is 20.3 Å². The van der Waals surface area contributed by atoms with Gasteiger partial charge in [-0.1, -0.05) is 12.1 Å². The molecule has 3 rings (SSSR count). The Morgan fingerprint density at radius 1 is 1.12 bits per heavy atom. The number of nitrogens with zero attached hydrogens (tertiary/aromatic N) is 5. The van der Waals surface area contributed by atoms with Crippen molar-refractivity contribution in [3.05, 3.63) is 48.5 Å². The van der Waals surface area contributed by atoms with Gasteiger partial charge in [0.25, 0.3) is 0 Å². The molecule has 0 aliphatic carbocycles. The molecule has 2 N–H and O–H groups in total. The summed E-state index contributed by atoms with van der Waals surface area (Å²) >= 11 is 0. The van der Waals surface area contributed by atoms with Gasteiger partial charge in [-0.3, -0.25) is 4.90 Å². The van der Waals surface area contributed by atoms with Gasteiger partial charge < -0.3 is 20.3 Å². The Labute approximate surface area is 189 Å². The summed E-state index contributed by atoms with van der Waals surface area (Å²) < 4.78 is 19.4. The number of aromatic nitrogens is 2. The zero-order valence-corrected chi connectivity index (χ0v) is 19.0. The fourth-order valence-electron chi connectivity index (χ4n) is 3.49. The van der Waals surface area contributed by atoms with Crippen molar-refractivity contribution in [2.75, 3.05) is 57.3 Å². The minimum Gasteiger partial charge on any atom is -0.486 e. The molecule has 0 radical (unpaired) electrons. The molecule has 1 fully saturated rings. The number of benzene rings is 1. The standard InChI is InChI=1S/C23H34FN7O/c1-3-25-22(29-18-19(2)32-21-9-5-4-8-20(21)24)26-12-7-13-30-14-16-31(17-15-30)23-27-10-6-11-28-23/h4-6,8-11,19H,3,7,12-18H2,1-2H3,(H2,25,26,29). The lowest BCUT2D eigenvalue weighted by atomic mass is 10.3. The molecule has 1 unspecified atom stereocenters. The maximum absolute atomic E-state index is 13.7. The quantitative estimate of drug-likeness (QED) is 0.331. The van der Waals surface area contributed by atoms with Crippen LogP contribution in [-0.2, 0) is 0 Å². The predicted molar refractivity (Wildman–Crippen MR) is 126 cm³/mol. The van der Waals surface area contributed by atoms with Gasteiger partial charge in [0.05, 0.1) is 6.54 Å². The monoisotopic (exact) mass is 443 g/mol. The Bertz CT molecular complexity index is 828. The van der Waals surface area contributed by atoms with E-state index in [0.29, 0.717) is 6.54 Å². The molecule has 2 aromatic rings. The maximum atomic E-state index is 13.7. The normalized spacial score (nSPS) is 16.0. The topological polar surface area (TPSA) is 77.9 Å². The van der Waals surface area contributed by atoms with E-state index in [4.69, 9.17) is 4.74 Å². The van der Waals surface area contributed by atoms with Crippen molar-refractivity contribution in [3.63, 3.8) is 0 Å². The van der Waals surface area contributed by atoms with E-state index in [1.54, 1.807) is 30.6 Å². The third-order valence-electron chi connectivity index (χ3n) is 5.17. The molecule has 32 heavy (non-hydrogen) atoms. The molecular weight excluding hydrogens is 409 g/mol. The van der Waals surface area contributed by atoms with Gasteiger partial charge in [0, 0.05) is 51.7 Å². The number of piperazine rings is 1. The average Bonchev–Trinajstić information content (AvgIpc) is 2.82. The molecule has 0 spiro atoms. The van der Waals surface area contributed by atoms with Crippen LogP contribution in [0.25, 0.3) is 0 Å². The first-order valence-corrected chi connectivity index (χ1v) is 11.3. The summed E-state index contributed by atoms with van der Waals surface area (Å²) in [5.41, 5.74) is 0. The molecule has 1 aliphatic rings. The summed E-state index contributed by atoms with van der Waals surface area (Å²) in [5, 5.41) is 6.63. The first-order valence-electron chi connectivity index (χ1n) is 11.3. The van der Waals surface area contributed by atoms with Crippen molar-refractivity contribution >= 4 is 11.9 Å². The summed E-state index contributed by atoms with van der Waals surface area (Å²) in [6.45, 7) is 10.9. The van der Waals surface area contributed by atoms with Gasteiger partial charge >= 0.3 is 0 Å². The van der Waals surface area contributed by atoms with E-state index >= 15 is 0 Å². The highest BCUT2D eigenvalue weighted by Crippen LogP contribution is 2.17. The molecule has 1 saturated heterocycles. The molecule has 1 aromatic heterocycles. The Balaban J connectivity index is 1.35. The van der Waals surface area contributed by atoms with E-state index < -0.39 is 0 Å². The van der Waals surface area contributed by atoms with Crippen LogP contribution in [0, 0.1) is 5.82 Å². The van der Waals surface area contributed by atoms with E-state index in [0.717, 1.165) is 64.1 Å². The van der Waals surface area contributed by atoms with Crippen LogP contribution in [-0.4, -0.2) is 79.3 Å². The number of anilines is 1. The molecule has 8 nitrogen and oxygen atoms in total. The first kappa shape index (κ1) is 23.7. The Morgan fingerprint density at radius 3 is 2.59 bits per heavy atom. The van der Waals surface area contributed by atoms with Crippen molar-refractivity contribution in [3.8, 4) is 5.75 Å². The predicted octanol–water partition coefficient (Wildman–Crippen LogP) is 2.15. The van der Waals surface area contributed by atoms with Gasteiger partial charge in [-0.25, -0.2) is 19.4 Å². The molecule has 2 heterocycles. The number of aliphatic imine (C=N–C) groups is 1. The summed E-state index contributed by atoms with van der Waals surface area (Å²) in [6, 6.07) is 8.28. The molecule has 1 atom stereocenters. The zero-order chi connectivity index (χ0) is 22.6. The van der Waals surface area contributed by atoms with Crippen LogP contribution < -0.4 is 20.3 Å². The second kappa shape index (κ2) is 12.8. The van der Waals surface area contributed by atoms with Crippen LogP contribution in [0.3, 0.4) is 0 Å². The van der Waals surface area contributed by atoms with Crippen LogP contribution in [0.4, 0.5) is 10.3 Å². The van der Waals surface area contributed by atoms with Gasteiger partial charge in [-0.05, 0) is 45.0 Å². The number of nitrogens with one attached hydrogen (secondary N) is 2. The third-order valence-corrected chi connectivity index (χ3v) is 5.17. The van der Waals surface area contributed by atoms with Gasteiger partial charge in [0.2, 0.25) is 5.95 Å². The fourth-order valence-corrected chi connectivity index (χ4v) is 3.49. The minimum atomic E-state index is -0.356. The molecule has 1 aromatic carbocycles. The lowest BCUT2D eigenvalue weighted by Crippen LogP contribution is -2.47. The van der Waals surface area contributed by atoms with Crippen LogP contribution in [0.15, 0.2) is 47.7 Å². The van der Waals surface area contributed by atoms with E-state index in [-0.39, 0.29) is 17.7 Å². The molecule has 9 heteroatoms. The molecule has 0 bridgehead atoms. The largest absolute Gasteiger partial charge is 0.486 e. The summed E-state index contributed by atoms with van der Waals surface area (Å²) in [7, 11) is 0. The number of para-hydroxylation sites is 1. The van der Waals surface area contributed by atoms with E-state index in [1.807, 2.05) is 19.9 Å². The first-order chi connectivity index (χ1) is 15.7. The summed E-state index contributed by atoms with van der Waals surface area (Å²) in [4.78, 5) is 18.0. The van der Waals surface area contributed by atoms with Gasteiger partial charge in [-0.2, -0.15) is 0 Å². The Hall–Kier alpha value is -2.94. The summed E-state index contributed by atoms with van der Waals surface area (Å²) in [6.07, 6.45) is 4.37. The lowest BCUT2D eigenvalue weighted by Gasteiger charge is -2.34. The van der Waals surface area contributed by atoms with Crippen molar-refractivity contribution in [1.82, 2.24) is 25.5 Å². The maximum Gasteiger partial charge on any atom is 0.225 e. The van der Waals surface area contributed by atoms with Crippen molar-refractivity contribution in [1.29, 1.82) is 0 Å². The number of rotatable bonds is 10. The number of halogens is 1. The smallest absolute Gasteiger partial charge is 0.225 e. The number of guanidine groups is 1. The second-order valence-electron chi connectivity index (χ2n) is 7.74. The fraction of sp³-hybridized carbons (Fsp3) is 0.522. The average molecular weight is 444 g/mol. The SMILES string of the molecule is CCNC(=NCC(C)Oc1ccccc1F)NCCCN1CCN(c2ncccn2)CC1. The number of ether oxygens (including phenoxy) is 1. The van der Waals surface area contributed by atoms with Gasteiger partial charge in [-0.15, -0.1) is 0 Å². The van der Waals surface area contributed by atoms with Gasteiger partial charge in [0.15, 0.2) is 17.5 Å². The zero-order valence-electron chi connectivity index (χ0n) is 19.0. The highest BCUT2D eigenvalue weighted by Gasteiger charge is 2.18. The third kappa shape index (κ3) is 7.64. The van der Waals surface area contributed by atoms with Crippen molar-refractivity contribution in [2.45, 2.75) is 26.4 Å². The van der Waals surface area contributed by atoms with Crippen LogP contribution in [0.5, 0.6) is 5.75 Å². The van der Waals surface area contributed by atoms with E-state index in [1.165, 1.54) is 6.07 Å². The summed E-state index contributed by atoms with van der Waals surface area (Å²) in [5.74, 6) is 1.47. The van der Waals surface area contributed by atoms with Crippen LogP contribution >= 0.6 is 0 Å².